The highest BCUT2D eigenvalue weighted by atomic mass is 79.9. The van der Waals surface area contributed by atoms with Crippen LogP contribution in [0.4, 0.5) is 0 Å². The van der Waals surface area contributed by atoms with Gasteiger partial charge in [0.15, 0.2) is 0 Å². The van der Waals surface area contributed by atoms with Gasteiger partial charge in [-0.15, -0.1) is 0 Å². The topological polar surface area (TPSA) is 28.7 Å². The molecule has 0 fully saturated rings. The van der Waals surface area contributed by atoms with E-state index in [9.17, 15) is 0 Å². The molecular formula is C20H21BrN2. The summed E-state index contributed by atoms with van der Waals surface area (Å²) in [6.45, 7) is 4.28. The number of benzene rings is 2. The number of H-pyrrole nitrogens is 1. The fourth-order valence-corrected chi connectivity index (χ4v) is 3.06. The van der Waals surface area contributed by atoms with Gasteiger partial charge in [0.2, 0.25) is 0 Å². The van der Waals surface area contributed by atoms with Gasteiger partial charge < -0.3 is 4.98 Å². The van der Waals surface area contributed by atoms with Crippen molar-refractivity contribution in [2.75, 3.05) is 0 Å². The van der Waals surface area contributed by atoms with E-state index in [0.717, 1.165) is 35.3 Å². The van der Waals surface area contributed by atoms with Crippen LogP contribution in [-0.2, 0) is 19.3 Å². The van der Waals surface area contributed by atoms with Gasteiger partial charge in [-0.25, -0.2) is 4.98 Å². The minimum absolute atomic E-state index is 0.875. The average molecular weight is 369 g/mol. The zero-order valence-electron chi connectivity index (χ0n) is 13.6. The third kappa shape index (κ3) is 4.11. The Bertz CT molecular complexity index is 788. The quantitative estimate of drug-likeness (QED) is 0.661. The number of rotatable bonds is 5. The smallest absolute Gasteiger partial charge is 0.106 e. The van der Waals surface area contributed by atoms with Crippen LogP contribution < -0.4 is 0 Å². The number of aromatic amines is 1. The summed E-state index contributed by atoms with van der Waals surface area (Å²) in [5.41, 5.74) is 6.36. The predicted octanol–water partition coefficient (Wildman–Crippen LogP) is 5.17. The van der Waals surface area contributed by atoms with E-state index in [2.05, 4.69) is 83.3 Å². The highest BCUT2D eigenvalue weighted by molar-refractivity contribution is 9.10. The van der Waals surface area contributed by atoms with Crippen molar-refractivity contribution in [3.05, 3.63) is 86.9 Å². The Morgan fingerprint density at radius 2 is 1.70 bits per heavy atom. The first kappa shape index (κ1) is 16.0. The van der Waals surface area contributed by atoms with E-state index >= 15 is 0 Å². The van der Waals surface area contributed by atoms with Crippen molar-refractivity contribution in [3.63, 3.8) is 0 Å². The lowest BCUT2D eigenvalue weighted by Crippen LogP contribution is -1.96. The van der Waals surface area contributed by atoms with Gasteiger partial charge in [0, 0.05) is 23.0 Å². The molecule has 0 saturated carbocycles. The minimum atomic E-state index is 0.875. The summed E-state index contributed by atoms with van der Waals surface area (Å²) in [6, 6.07) is 17.0. The first-order valence-electron chi connectivity index (χ1n) is 7.95. The molecule has 0 amide bonds. The van der Waals surface area contributed by atoms with E-state index in [1.54, 1.807) is 0 Å². The van der Waals surface area contributed by atoms with Crippen LogP contribution >= 0.6 is 15.9 Å². The third-order valence-electron chi connectivity index (χ3n) is 4.21. The molecule has 0 unspecified atom stereocenters. The molecule has 3 rings (SSSR count). The Morgan fingerprint density at radius 1 is 0.957 bits per heavy atom. The summed E-state index contributed by atoms with van der Waals surface area (Å²) < 4.78 is 1.11. The Morgan fingerprint density at radius 3 is 2.43 bits per heavy atom. The third-order valence-corrected chi connectivity index (χ3v) is 4.74. The summed E-state index contributed by atoms with van der Waals surface area (Å²) in [5, 5.41) is 0. The number of imidazole rings is 1. The number of hydrogen-bond acceptors (Lipinski definition) is 1. The first-order valence-corrected chi connectivity index (χ1v) is 8.74. The van der Waals surface area contributed by atoms with Crippen molar-refractivity contribution in [2.45, 2.75) is 33.1 Å². The van der Waals surface area contributed by atoms with E-state index in [-0.39, 0.29) is 0 Å². The molecule has 1 heterocycles. The van der Waals surface area contributed by atoms with Crippen molar-refractivity contribution >= 4 is 15.9 Å². The van der Waals surface area contributed by atoms with Crippen molar-refractivity contribution in [1.82, 2.24) is 9.97 Å². The van der Waals surface area contributed by atoms with E-state index in [4.69, 9.17) is 4.98 Å². The lowest BCUT2D eigenvalue weighted by molar-refractivity contribution is 0.870. The molecule has 0 aliphatic rings. The number of nitrogens with one attached hydrogen (secondary N) is 1. The van der Waals surface area contributed by atoms with Gasteiger partial charge in [-0.2, -0.15) is 0 Å². The Balaban J connectivity index is 1.68. The van der Waals surface area contributed by atoms with Gasteiger partial charge in [-0.1, -0.05) is 52.3 Å². The molecule has 0 saturated heterocycles. The monoisotopic (exact) mass is 368 g/mol. The second-order valence-electron chi connectivity index (χ2n) is 5.98. The minimum Gasteiger partial charge on any atom is -0.346 e. The van der Waals surface area contributed by atoms with E-state index in [1.165, 1.54) is 22.4 Å². The zero-order chi connectivity index (χ0) is 16.2. The number of halogens is 1. The number of aromatic nitrogens is 2. The van der Waals surface area contributed by atoms with Gasteiger partial charge in [-0.05, 0) is 49.1 Å². The van der Waals surface area contributed by atoms with Gasteiger partial charge in [0.25, 0.3) is 0 Å². The fraction of sp³-hybridized carbons (Fsp3) is 0.250. The lowest BCUT2D eigenvalue weighted by Gasteiger charge is -2.03. The SMILES string of the molecule is Cc1ccccc1CCc1nc(Cc2ccc(Br)cc2)c(C)[nH]1. The van der Waals surface area contributed by atoms with Crippen LogP contribution in [0.5, 0.6) is 0 Å². The normalized spacial score (nSPS) is 10.9. The fourth-order valence-electron chi connectivity index (χ4n) is 2.79. The molecular weight excluding hydrogens is 348 g/mol. The van der Waals surface area contributed by atoms with Gasteiger partial charge >= 0.3 is 0 Å². The zero-order valence-corrected chi connectivity index (χ0v) is 15.2. The maximum atomic E-state index is 4.80. The molecule has 0 spiro atoms. The second-order valence-corrected chi connectivity index (χ2v) is 6.90. The van der Waals surface area contributed by atoms with Crippen LogP contribution in [0.2, 0.25) is 0 Å². The molecule has 0 atom stereocenters. The summed E-state index contributed by atoms with van der Waals surface area (Å²) in [5.74, 6) is 1.08. The molecule has 118 valence electrons. The molecule has 23 heavy (non-hydrogen) atoms. The summed E-state index contributed by atoms with van der Waals surface area (Å²) in [6.07, 6.45) is 2.85. The summed E-state index contributed by atoms with van der Waals surface area (Å²) >= 11 is 3.48. The molecule has 0 aliphatic carbocycles. The Hall–Kier alpha value is -1.87. The lowest BCUT2D eigenvalue weighted by atomic mass is 10.0. The van der Waals surface area contributed by atoms with Gasteiger partial charge in [0.1, 0.15) is 5.82 Å². The second kappa shape index (κ2) is 7.14. The van der Waals surface area contributed by atoms with Crippen LogP contribution in [0, 0.1) is 13.8 Å². The molecule has 3 aromatic rings. The van der Waals surface area contributed by atoms with Crippen molar-refractivity contribution < 1.29 is 0 Å². The molecule has 0 aliphatic heterocycles. The van der Waals surface area contributed by atoms with Crippen LogP contribution in [-0.4, -0.2) is 9.97 Å². The maximum Gasteiger partial charge on any atom is 0.106 e. The molecule has 2 aromatic carbocycles. The van der Waals surface area contributed by atoms with Crippen LogP contribution in [0.15, 0.2) is 53.0 Å². The first-order chi connectivity index (χ1) is 11.1. The van der Waals surface area contributed by atoms with Crippen molar-refractivity contribution in [2.24, 2.45) is 0 Å². The average Bonchev–Trinajstić information content (AvgIpc) is 2.89. The highest BCUT2D eigenvalue weighted by Gasteiger charge is 2.08. The van der Waals surface area contributed by atoms with Crippen molar-refractivity contribution in [3.8, 4) is 0 Å². The van der Waals surface area contributed by atoms with Gasteiger partial charge in [-0.3, -0.25) is 0 Å². The number of hydrogen-bond donors (Lipinski definition) is 1. The Kier molecular flexibility index (Phi) is 4.97. The largest absolute Gasteiger partial charge is 0.346 e. The van der Waals surface area contributed by atoms with E-state index < -0.39 is 0 Å². The summed E-state index contributed by atoms with van der Waals surface area (Å²) in [7, 11) is 0. The highest BCUT2D eigenvalue weighted by Crippen LogP contribution is 2.16. The van der Waals surface area contributed by atoms with E-state index in [1.807, 2.05) is 0 Å². The molecule has 1 aromatic heterocycles. The maximum absolute atomic E-state index is 4.80. The van der Waals surface area contributed by atoms with Crippen LogP contribution in [0.3, 0.4) is 0 Å². The Labute approximate surface area is 146 Å². The summed E-state index contributed by atoms with van der Waals surface area (Å²) in [4.78, 5) is 8.25. The number of nitrogens with zero attached hydrogens (tertiary/aromatic N) is 1. The van der Waals surface area contributed by atoms with Crippen LogP contribution in [0.25, 0.3) is 0 Å². The van der Waals surface area contributed by atoms with Gasteiger partial charge in [0.05, 0.1) is 5.69 Å². The van der Waals surface area contributed by atoms with E-state index in [0.29, 0.717) is 0 Å². The number of aryl methyl sites for hydroxylation is 4. The predicted molar refractivity (Wildman–Crippen MR) is 98.9 cm³/mol. The molecule has 2 nitrogen and oxygen atoms in total. The van der Waals surface area contributed by atoms with Crippen molar-refractivity contribution in [1.29, 1.82) is 0 Å². The molecule has 1 N–H and O–H groups in total. The standard InChI is InChI=1S/C20H21BrN2/c1-14-5-3-4-6-17(14)9-12-20-22-15(2)19(23-20)13-16-7-10-18(21)11-8-16/h3-8,10-11H,9,12-13H2,1-2H3,(H,22,23). The molecule has 3 heteroatoms. The molecule has 0 radical (unpaired) electrons. The van der Waals surface area contributed by atoms with Crippen LogP contribution in [0.1, 0.15) is 33.9 Å². The molecule has 0 bridgehead atoms.